The number of hydrogen-bond acceptors (Lipinski definition) is 0. The van der Waals surface area contributed by atoms with Crippen molar-refractivity contribution in [2.75, 3.05) is 0 Å². The molecular weight excluding hydrogens is 388 g/mol. The summed E-state index contributed by atoms with van der Waals surface area (Å²) in [4.78, 5) is 0. The molecule has 3 saturated carbocycles. The van der Waals surface area contributed by atoms with Gasteiger partial charge in [0.05, 0.1) is 6.08 Å². The fraction of sp³-hybridized carbons (Fsp3) is 0.846. The molecule has 0 bridgehead atoms. The van der Waals surface area contributed by atoms with Crippen molar-refractivity contribution in [2.24, 2.45) is 35.5 Å². The van der Waals surface area contributed by atoms with Crippen molar-refractivity contribution in [1.82, 2.24) is 0 Å². The van der Waals surface area contributed by atoms with Crippen LogP contribution in [0.15, 0.2) is 11.9 Å². The maximum atomic E-state index is 13.7. The van der Waals surface area contributed by atoms with Gasteiger partial charge >= 0.3 is 6.18 Å². The van der Waals surface area contributed by atoms with E-state index in [1.165, 1.54) is 64.2 Å². The van der Waals surface area contributed by atoms with Crippen LogP contribution in [0.3, 0.4) is 0 Å². The zero-order valence-electron chi connectivity index (χ0n) is 18.5. The predicted molar refractivity (Wildman–Crippen MR) is 114 cm³/mol. The van der Waals surface area contributed by atoms with Crippen molar-refractivity contribution in [3.8, 4) is 11.8 Å². The van der Waals surface area contributed by atoms with Crippen LogP contribution < -0.4 is 0 Å². The third-order valence-corrected chi connectivity index (χ3v) is 7.94. The first-order valence-corrected chi connectivity index (χ1v) is 12.3. The zero-order valence-corrected chi connectivity index (χ0v) is 18.5. The molecular formula is C26H38F4. The number of halogens is 4. The molecule has 3 aliphatic carbocycles. The molecule has 0 aromatic carbocycles. The quantitative estimate of drug-likeness (QED) is 0.312. The predicted octanol–water partition coefficient (Wildman–Crippen LogP) is 8.62. The highest BCUT2D eigenvalue weighted by Crippen LogP contribution is 2.42. The Balaban J connectivity index is 1.37. The van der Waals surface area contributed by atoms with E-state index < -0.39 is 17.9 Å². The summed E-state index contributed by atoms with van der Waals surface area (Å²) in [5.41, 5.74) is 0. The van der Waals surface area contributed by atoms with Crippen LogP contribution in [-0.4, -0.2) is 6.18 Å². The van der Waals surface area contributed by atoms with E-state index in [2.05, 4.69) is 18.8 Å². The first-order chi connectivity index (χ1) is 14.3. The maximum Gasteiger partial charge on any atom is 0.412 e. The van der Waals surface area contributed by atoms with E-state index in [0.717, 1.165) is 17.8 Å². The maximum absolute atomic E-state index is 13.7. The third-order valence-electron chi connectivity index (χ3n) is 7.94. The number of hydrogen-bond donors (Lipinski definition) is 0. The van der Waals surface area contributed by atoms with Crippen LogP contribution in [0.2, 0.25) is 0 Å². The standard InChI is InChI=1S/C26H38F4/c1-2-3-19-6-12-22(13-7-19)23-14-8-20(9-15-23)4-5-21-10-16-24(17-11-21)25(27)18-26(28,29)30/h18-24H,2-3,6-17H2,1H3/b25-18-. The first-order valence-electron chi connectivity index (χ1n) is 12.3. The average Bonchev–Trinajstić information content (AvgIpc) is 2.73. The highest BCUT2D eigenvalue weighted by atomic mass is 19.4. The Labute approximate surface area is 180 Å². The second kappa shape index (κ2) is 11.1. The van der Waals surface area contributed by atoms with Crippen molar-refractivity contribution in [1.29, 1.82) is 0 Å². The average molecular weight is 427 g/mol. The van der Waals surface area contributed by atoms with E-state index in [-0.39, 0.29) is 12.0 Å². The smallest absolute Gasteiger partial charge is 0.212 e. The van der Waals surface area contributed by atoms with Gasteiger partial charge in [-0.3, -0.25) is 0 Å². The summed E-state index contributed by atoms with van der Waals surface area (Å²) in [5, 5.41) is 0. The van der Waals surface area contributed by atoms with Gasteiger partial charge in [-0.15, -0.1) is 0 Å². The van der Waals surface area contributed by atoms with Gasteiger partial charge in [-0.05, 0) is 82.0 Å². The molecule has 0 saturated heterocycles. The molecule has 0 nitrogen and oxygen atoms in total. The third kappa shape index (κ3) is 7.31. The molecule has 170 valence electrons. The highest BCUT2D eigenvalue weighted by molar-refractivity contribution is 5.11. The van der Waals surface area contributed by atoms with Gasteiger partial charge in [0.2, 0.25) is 0 Å². The van der Waals surface area contributed by atoms with Crippen LogP contribution in [-0.2, 0) is 0 Å². The van der Waals surface area contributed by atoms with E-state index in [9.17, 15) is 17.6 Å². The Hall–Kier alpha value is -0.980. The molecule has 0 N–H and O–H groups in total. The van der Waals surface area contributed by atoms with E-state index >= 15 is 0 Å². The Bertz CT molecular complexity index is 599. The Morgan fingerprint density at radius 2 is 1.23 bits per heavy atom. The fourth-order valence-electron chi connectivity index (χ4n) is 6.11. The van der Waals surface area contributed by atoms with Gasteiger partial charge in [0.15, 0.2) is 0 Å². The van der Waals surface area contributed by atoms with Crippen LogP contribution in [0.4, 0.5) is 17.6 Å². The van der Waals surface area contributed by atoms with Crippen LogP contribution in [0.25, 0.3) is 0 Å². The van der Waals surface area contributed by atoms with Crippen molar-refractivity contribution < 1.29 is 17.6 Å². The lowest BCUT2D eigenvalue weighted by molar-refractivity contribution is -0.0820. The minimum atomic E-state index is -4.56. The zero-order chi connectivity index (χ0) is 21.6. The molecule has 0 heterocycles. The SMILES string of the molecule is CCCC1CCC(C2CCC(C#CC3CCC(/C(F)=C/C(F)(F)F)CC3)CC2)CC1. The summed E-state index contributed by atoms with van der Waals surface area (Å²) in [6.07, 6.45) is 11.1. The molecule has 0 aromatic heterocycles. The Morgan fingerprint density at radius 3 is 1.70 bits per heavy atom. The van der Waals surface area contributed by atoms with Crippen LogP contribution in [0.1, 0.15) is 96.8 Å². The molecule has 0 radical (unpaired) electrons. The molecule has 0 spiro atoms. The fourth-order valence-corrected chi connectivity index (χ4v) is 6.11. The van der Waals surface area contributed by atoms with Crippen LogP contribution in [0.5, 0.6) is 0 Å². The monoisotopic (exact) mass is 426 g/mol. The van der Waals surface area contributed by atoms with E-state index in [4.69, 9.17) is 0 Å². The summed E-state index contributed by atoms with van der Waals surface area (Å²) < 4.78 is 50.7. The molecule has 0 aromatic rings. The van der Waals surface area contributed by atoms with Gasteiger partial charge in [-0.2, -0.15) is 13.2 Å². The number of alkyl halides is 3. The molecule has 0 aliphatic heterocycles. The molecule has 3 rings (SSSR count). The summed E-state index contributed by atoms with van der Waals surface area (Å²) >= 11 is 0. The van der Waals surface area contributed by atoms with Crippen molar-refractivity contribution >= 4 is 0 Å². The van der Waals surface area contributed by atoms with Crippen molar-refractivity contribution in [2.45, 2.75) is 103 Å². The molecule has 0 atom stereocenters. The van der Waals surface area contributed by atoms with E-state index in [1.807, 2.05) is 0 Å². The van der Waals surface area contributed by atoms with Crippen molar-refractivity contribution in [3.63, 3.8) is 0 Å². The van der Waals surface area contributed by atoms with Gasteiger partial charge in [0.25, 0.3) is 0 Å². The van der Waals surface area contributed by atoms with Gasteiger partial charge in [0, 0.05) is 17.8 Å². The second-order valence-corrected chi connectivity index (χ2v) is 10.1. The Morgan fingerprint density at radius 1 is 0.767 bits per heavy atom. The minimum Gasteiger partial charge on any atom is -0.212 e. The summed E-state index contributed by atoms with van der Waals surface area (Å²) in [5.74, 6) is 8.81. The van der Waals surface area contributed by atoms with E-state index in [0.29, 0.717) is 31.6 Å². The lowest BCUT2D eigenvalue weighted by atomic mass is 9.69. The topological polar surface area (TPSA) is 0 Å². The normalized spacial score (nSPS) is 36.1. The van der Waals surface area contributed by atoms with Gasteiger partial charge < -0.3 is 0 Å². The second-order valence-electron chi connectivity index (χ2n) is 10.1. The minimum absolute atomic E-state index is 0.168. The molecule has 3 aliphatic rings. The lowest BCUT2D eigenvalue weighted by Crippen LogP contribution is -2.25. The lowest BCUT2D eigenvalue weighted by Gasteiger charge is -2.37. The van der Waals surface area contributed by atoms with Crippen molar-refractivity contribution in [3.05, 3.63) is 11.9 Å². The molecule has 4 heteroatoms. The van der Waals surface area contributed by atoms with Gasteiger partial charge in [-0.1, -0.05) is 44.4 Å². The Kier molecular flexibility index (Phi) is 8.72. The molecule has 3 fully saturated rings. The molecule has 30 heavy (non-hydrogen) atoms. The van der Waals surface area contributed by atoms with E-state index in [1.54, 1.807) is 0 Å². The largest absolute Gasteiger partial charge is 0.412 e. The number of rotatable bonds is 4. The van der Waals surface area contributed by atoms with Gasteiger partial charge in [-0.25, -0.2) is 4.39 Å². The first kappa shape index (κ1) is 23.7. The molecule has 0 unspecified atom stereocenters. The molecule has 0 amide bonds. The summed E-state index contributed by atoms with van der Waals surface area (Å²) in [6, 6.07) is 0. The summed E-state index contributed by atoms with van der Waals surface area (Å²) in [7, 11) is 0. The van der Waals surface area contributed by atoms with Gasteiger partial charge in [0.1, 0.15) is 5.83 Å². The number of allylic oxidation sites excluding steroid dienone is 2. The summed E-state index contributed by atoms with van der Waals surface area (Å²) in [6.45, 7) is 2.29. The van der Waals surface area contributed by atoms with Crippen LogP contribution in [0, 0.1) is 47.3 Å². The van der Waals surface area contributed by atoms with Crippen LogP contribution >= 0.6 is 0 Å². The highest BCUT2D eigenvalue weighted by Gasteiger charge is 2.31.